The molecule has 1 aliphatic carbocycles. The van der Waals surface area contributed by atoms with Gasteiger partial charge in [-0.15, -0.1) is 0 Å². The van der Waals surface area contributed by atoms with E-state index in [1.165, 1.54) is 63.4 Å². The SMILES string of the molecule is CCCCCCC1CCC(COc2ccc(-c3ccc(CCC)cn3)cc2)CC1. The standard InChI is InChI=1S/C27H39NO/c1-3-5-6-7-9-22-10-12-24(13-11-22)21-29-26-17-15-25(16-18-26)27-19-14-23(8-4-2)20-28-27/h14-20,22,24H,3-13,21H2,1-2H3. The molecule has 0 spiro atoms. The van der Waals surface area contributed by atoms with Crippen LogP contribution in [0.4, 0.5) is 0 Å². The molecule has 0 radical (unpaired) electrons. The molecule has 0 unspecified atom stereocenters. The molecule has 0 saturated heterocycles. The number of hydrogen-bond donors (Lipinski definition) is 0. The van der Waals surface area contributed by atoms with Gasteiger partial charge in [0.2, 0.25) is 0 Å². The van der Waals surface area contributed by atoms with Gasteiger partial charge < -0.3 is 4.74 Å². The van der Waals surface area contributed by atoms with E-state index in [9.17, 15) is 0 Å². The Kier molecular flexibility index (Phi) is 9.05. The topological polar surface area (TPSA) is 22.1 Å². The summed E-state index contributed by atoms with van der Waals surface area (Å²) in [4.78, 5) is 4.61. The quantitative estimate of drug-likeness (QED) is 0.362. The zero-order valence-corrected chi connectivity index (χ0v) is 18.5. The van der Waals surface area contributed by atoms with E-state index in [4.69, 9.17) is 4.74 Å². The van der Waals surface area contributed by atoms with Gasteiger partial charge in [-0.1, -0.05) is 71.3 Å². The van der Waals surface area contributed by atoms with Crippen molar-refractivity contribution in [2.45, 2.75) is 84.5 Å². The molecule has 1 aromatic carbocycles. The van der Waals surface area contributed by atoms with Crippen LogP contribution in [0.2, 0.25) is 0 Å². The summed E-state index contributed by atoms with van der Waals surface area (Å²) in [7, 11) is 0. The summed E-state index contributed by atoms with van der Waals surface area (Å²) in [5.41, 5.74) is 3.50. The molecule has 158 valence electrons. The lowest BCUT2D eigenvalue weighted by Crippen LogP contribution is -2.20. The van der Waals surface area contributed by atoms with Crippen LogP contribution in [0.3, 0.4) is 0 Å². The predicted octanol–water partition coefficient (Wildman–Crippen LogP) is 7.86. The second kappa shape index (κ2) is 12.0. The van der Waals surface area contributed by atoms with Crippen molar-refractivity contribution in [1.29, 1.82) is 0 Å². The molecule has 2 heteroatoms. The number of nitrogens with zero attached hydrogens (tertiary/aromatic N) is 1. The summed E-state index contributed by atoms with van der Waals surface area (Å²) in [6.07, 6.45) is 16.8. The van der Waals surface area contributed by atoms with E-state index < -0.39 is 0 Å². The normalized spacial score (nSPS) is 19.2. The third-order valence-corrected chi connectivity index (χ3v) is 6.43. The first-order valence-corrected chi connectivity index (χ1v) is 12.0. The van der Waals surface area contributed by atoms with Crippen LogP contribution in [-0.2, 0) is 6.42 Å². The van der Waals surface area contributed by atoms with Gasteiger partial charge in [-0.25, -0.2) is 0 Å². The fourth-order valence-corrected chi connectivity index (χ4v) is 4.51. The minimum absolute atomic E-state index is 0.731. The minimum Gasteiger partial charge on any atom is -0.493 e. The lowest BCUT2D eigenvalue weighted by atomic mass is 9.80. The lowest BCUT2D eigenvalue weighted by Gasteiger charge is -2.28. The highest BCUT2D eigenvalue weighted by Gasteiger charge is 2.21. The second-order valence-electron chi connectivity index (χ2n) is 8.87. The van der Waals surface area contributed by atoms with E-state index in [2.05, 4.69) is 55.2 Å². The van der Waals surface area contributed by atoms with Crippen LogP contribution < -0.4 is 4.74 Å². The Bertz CT molecular complexity index is 683. The fourth-order valence-electron chi connectivity index (χ4n) is 4.51. The molecular formula is C27H39NO. The highest BCUT2D eigenvalue weighted by Crippen LogP contribution is 2.32. The van der Waals surface area contributed by atoms with E-state index >= 15 is 0 Å². The Labute approximate surface area is 178 Å². The maximum absolute atomic E-state index is 6.12. The van der Waals surface area contributed by atoms with E-state index in [0.29, 0.717) is 0 Å². The Morgan fingerprint density at radius 2 is 1.59 bits per heavy atom. The molecule has 2 aromatic rings. The van der Waals surface area contributed by atoms with Gasteiger partial charge in [0, 0.05) is 11.8 Å². The number of unbranched alkanes of at least 4 members (excludes halogenated alkanes) is 3. The minimum atomic E-state index is 0.731. The molecule has 0 bridgehead atoms. The maximum Gasteiger partial charge on any atom is 0.119 e. The Balaban J connectivity index is 1.39. The number of aryl methyl sites for hydroxylation is 1. The third-order valence-electron chi connectivity index (χ3n) is 6.43. The zero-order chi connectivity index (χ0) is 20.3. The second-order valence-corrected chi connectivity index (χ2v) is 8.87. The molecule has 1 saturated carbocycles. The van der Waals surface area contributed by atoms with E-state index in [0.717, 1.165) is 48.3 Å². The summed E-state index contributed by atoms with van der Waals surface area (Å²) in [6, 6.07) is 12.8. The molecule has 0 atom stereocenters. The first kappa shape index (κ1) is 21.9. The van der Waals surface area contributed by atoms with Crippen molar-refractivity contribution in [3.8, 4) is 17.0 Å². The first-order valence-electron chi connectivity index (χ1n) is 12.0. The molecular weight excluding hydrogens is 354 g/mol. The highest BCUT2D eigenvalue weighted by atomic mass is 16.5. The number of hydrogen-bond acceptors (Lipinski definition) is 2. The third kappa shape index (κ3) is 7.17. The van der Waals surface area contributed by atoms with Crippen LogP contribution in [-0.4, -0.2) is 11.6 Å². The van der Waals surface area contributed by atoms with Gasteiger partial charge in [0.1, 0.15) is 5.75 Å². The largest absolute Gasteiger partial charge is 0.493 e. The average molecular weight is 394 g/mol. The van der Waals surface area contributed by atoms with Crippen LogP contribution in [0, 0.1) is 11.8 Å². The molecule has 1 aliphatic rings. The maximum atomic E-state index is 6.12. The summed E-state index contributed by atoms with van der Waals surface area (Å²) < 4.78 is 6.12. The van der Waals surface area contributed by atoms with Crippen LogP contribution in [0.5, 0.6) is 5.75 Å². The van der Waals surface area contributed by atoms with Crippen molar-refractivity contribution in [2.75, 3.05) is 6.61 Å². The lowest BCUT2D eigenvalue weighted by molar-refractivity contribution is 0.177. The van der Waals surface area contributed by atoms with E-state index in [-0.39, 0.29) is 0 Å². The van der Waals surface area contributed by atoms with Crippen LogP contribution in [0.15, 0.2) is 42.6 Å². The monoisotopic (exact) mass is 393 g/mol. The number of ether oxygens (including phenoxy) is 1. The number of benzene rings is 1. The van der Waals surface area contributed by atoms with Crippen LogP contribution in [0.1, 0.15) is 83.6 Å². The number of pyridine rings is 1. The molecule has 1 aromatic heterocycles. The average Bonchev–Trinajstić information content (AvgIpc) is 2.77. The summed E-state index contributed by atoms with van der Waals surface area (Å²) in [6.45, 7) is 5.36. The Morgan fingerprint density at radius 1 is 0.828 bits per heavy atom. The summed E-state index contributed by atoms with van der Waals surface area (Å²) in [5.74, 6) is 2.69. The van der Waals surface area contributed by atoms with Crippen molar-refractivity contribution < 1.29 is 4.74 Å². The van der Waals surface area contributed by atoms with Crippen molar-refractivity contribution in [1.82, 2.24) is 4.98 Å². The Hall–Kier alpha value is -1.83. The predicted molar refractivity (Wildman–Crippen MR) is 123 cm³/mol. The van der Waals surface area contributed by atoms with Gasteiger partial charge in [0.25, 0.3) is 0 Å². The van der Waals surface area contributed by atoms with Crippen molar-refractivity contribution in [3.05, 3.63) is 48.2 Å². The van der Waals surface area contributed by atoms with Gasteiger partial charge >= 0.3 is 0 Å². The van der Waals surface area contributed by atoms with Crippen molar-refractivity contribution >= 4 is 0 Å². The highest BCUT2D eigenvalue weighted by molar-refractivity contribution is 5.60. The molecule has 29 heavy (non-hydrogen) atoms. The van der Waals surface area contributed by atoms with Crippen LogP contribution >= 0.6 is 0 Å². The van der Waals surface area contributed by atoms with Gasteiger partial charge in [-0.3, -0.25) is 4.98 Å². The van der Waals surface area contributed by atoms with Gasteiger partial charge in [0.15, 0.2) is 0 Å². The summed E-state index contributed by atoms with van der Waals surface area (Å²) >= 11 is 0. The molecule has 1 fully saturated rings. The zero-order valence-electron chi connectivity index (χ0n) is 18.5. The Morgan fingerprint density at radius 3 is 2.24 bits per heavy atom. The van der Waals surface area contributed by atoms with Gasteiger partial charge in [-0.05, 0) is 67.0 Å². The first-order chi connectivity index (χ1) is 14.3. The molecule has 1 heterocycles. The van der Waals surface area contributed by atoms with E-state index in [1.54, 1.807) is 0 Å². The number of rotatable bonds is 11. The number of aromatic nitrogens is 1. The van der Waals surface area contributed by atoms with Crippen molar-refractivity contribution in [3.63, 3.8) is 0 Å². The molecule has 2 nitrogen and oxygen atoms in total. The molecule has 3 rings (SSSR count). The molecule has 0 amide bonds. The van der Waals surface area contributed by atoms with Gasteiger partial charge in [0.05, 0.1) is 12.3 Å². The smallest absolute Gasteiger partial charge is 0.119 e. The van der Waals surface area contributed by atoms with Gasteiger partial charge in [-0.2, -0.15) is 0 Å². The van der Waals surface area contributed by atoms with E-state index in [1.807, 2.05) is 6.20 Å². The van der Waals surface area contributed by atoms with Crippen molar-refractivity contribution in [2.24, 2.45) is 11.8 Å². The van der Waals surface area contributed by atoms with Crippen LogP contribution in [0.25, 0.3) is 11.3 Å². The molecule has 0 aliphatic heterocycles. The summed E-state index contributed by atoms with van der Waals surface area (Å²) in [5, 5.41) is 0. The fraction of sp³-hybridized carbons (Fsp3) is 0.593. The molecule has 0 N–H and O–H groups in total.